The summed E-state index contributed by atoms with van der Waals surface area (Å²) in [5.41, 5.74) is 0. The normalized spacial score (nSPS) is 22.9. The van der Waals surface area contributed by atoms with Crippen LogP contribution in [0.5, 0.6) is 0 Å². The summed E-state index contributed by atoms with van der Waals surface area (Å²) in [4.78, 5) is 12.9. The van der Waals surface area contributed by atoms with Crippen LogP contribution in [0.4, 0.5) is 13.2 Å². The fourth-order valence-electron chi connectivity index (χ4n) is 2.01. The molecule has 1 amide bonds. The second-order valence-corrected chi connectivity index (χ2v) is 4.02. The molecule has 1 rings (SSSR count). The topological polar surface area (TPSA) is 20.3 Å². The Balaban J connectivity index is 2.46. The van der Waals surface area contributed by atoms with Crippen molar-refractivity contribution >= 4 is 5.91 Å². The van der Waals surface area contributed by atoms with Gasteiger partial charge in [-0.15, -0.1) is 0 Å². The molecule has 1 atom stereocenters. The average molecular weight is 223 g/mol. The van der Waals surface area contributed by atoms with Gasteiger partial charge in [-0.3, -0.25) is 4.79 Å². The van der Waals surface area contributed by atoms with Gasteiger partial charge in [0.05, 0.1) is 0 Å². The molecule has 1 heterocycles. The lowest BCUT2D eigenvalue weighted by atomic mass is 9.94. The number of likely N-dealkylation sites (tertiary alicyclic amines) is 1. The highest BCUT2D eigenvalue weighted by atomic mass is 19.4. The Kier molecular flexibility index (Phi) is 3.99. The third kappa shape index (κ3) is 4.10. The van der Waals surface area contributed by atoms with Crippen molar-refractivity contribution in [1.29, 1.82) is 0 Å². The Morgan fingerprint density at radius 2 is 2.13 bits per heavy atom. The summed E-state index contributed by atoms with van der Waals surface area (Å²) in [6.07, 6.45) is -3.23. The largest absolute Gasteiger partial charge is 0.389 e. The van der Waals surface area contributed by atoms with E-state index < -0.39 is 18.5 Å². The lowest BCUT2D eigenvalue weighted by Crippen LogP contribution is -2.40. The molecule has 1 aliphatic heterocycles. The highest BCUT2D eigenvalue weighted by Crippen LogP contribution is 2.30. The van der Waals surface area contributed by atoms with Crippen LogP contribution >= 0.6 is 0 Å². The first-order chi connectivity index (χ1) is 6.92. The van der Waals surface area contributed by atoms with Crippen molar-refractivity contribution in [3.63, 3.8) is 0 Å². The van der Waals surface area contributed by atoms with E-state index in [4.69, 9.17) is 0 Å². The molecule has 0 aromatic carbocycles. The number of hydrogen-bond donors (Lipinski definition) is 0. The Morgan fingerprint density at radius 1 is 1.47 bits per heavy atom. The second-order valence-electron chi connectivity index (χ2n) is 4.02. The van der Waals surface area contributed by atoms with Gasteiger partial charge in [0, 0.05) is 25.9 Å². The van der Waals surface area contributed by atoms with E-state index in [-0.39, 0.29) is 12.5 Å². The minimum atomic E-state index is -4.11. The van der Waals surface area contributed by atoms with E-state index in [1.165, 1.54) is 0 Å². The summed E-state index contributed by atoms with van der Waals surface area (Å²) in [5, 5.41) is 0. The maximum absolute atomic E-state index is 12.1. The van der Waals surface area contributed by atoms with Crippen LogP contribution in [0.1, 0.15) is 32.6 Å². The summed E-state index contributed by atoms with van der Waals surface area (Å²) in [7, 11) is 0. The molecule has 2 nitrogen and oxygen atoms in total. The van der Waals surface area contributed by atoms with E-state index >= 15 is 0 Å². The highest BCUT2D eigenvalue weighted by molar-refractivity contribution is 5.75. The van der Waals surface area contributed by atoms with Gasteiger partial charge in [-0.2, -0.15) is 13.2 Å². The number of amides is 1. The van der Waals surface area contributed by atoms with Crippen molar-refractivity contribution in [2.45, 2.75) is 38.8 Å². The standard InChI is InChI=1S/C10H16F3NO/c1-2-9(15)14-5-3-4-8(7-14)6-10(11,12)13/h8H,2-7H2,1H3/t8-/m0/s1. The number of carbonyl (C=O) groups excluding carboxylic acids is 1. The van der Waals surface area contributed by atoms with Gasteiger partial charge in [0.25, 0.3) is 0 Å². The molecule has 0 bridgehead atoms. The van der Waals surface area contributed by atoms with Crippen LogP contribution in [0.2, 0.25) is 0 Å². The molecule has 0 unspecified atom stereocenters. The smallest absolute Gasteiger partial charge is 0.342 e. The third-order valence-electron chi connectivity index (χ3n) is 2.69. The number of rotatable bonds is 2. The Labute approximate surface area is 87.4 Å². The van der Waals surface area contributed by atoms with Gasteiger partial charge in [-0.1, -0.05) is 6.92 Å². The average Bonchev–Trinajstić information content (AvgIpc) is 2.14. The van der Waals surface area contributed by atoms with Crippen molar-refractivity contribution in [2.75, 3.05) is 13.1 Å². The number of nitrogens with zero attached hydrogens (tertiary/aromatic N) is 1. The van der Waals surface area contributed by atoms with Crippen LogP contribution in [0.15, 0.2) is 0 Å². The zero-order valence-electron chi connectivity index (χ0n) is 8.81. The van der Waals surface area contributed by atoms with E-state index in [9.17, 15) is 18.0 Å². The summed E-state index contributed by atoms with van der Waals surface area (Å²) in [5.74, 6) is -0.448. The first-order valence-corrected chi connectivity index (χ1v) is 5.27. The number of alkyl halides is 3. The molecule has 1 aliphatic rings. The maximum atomic E-state index is 12.1. The monoisotopic (exact) mass is 223 g/mol. The molecule has 0 saturated carbocycles. The Hall–Kier alpha value is -0.740. The number of halogens is 3. The molecular formula is C10H16F3NO. The Bertz CT molecular complexity index is 227. The van der Waals surface area contributed by atoms with E-state index in [2.05, 4.69) is 0 Å². The molecule has 1 fully saturated rings. The fraction of sp³-hybridized carbons (Fsp3) is 0.900. The van der Waals surface area contributed by atoms with Gasteiger partial charge >= 0.3 is 6.18 Å². The molecule has 0 aromatic heterocycles. The quantitative estimate of drug-likeness (QED) is 0.704. The molecular weight excluding hydrogens is 207 g/mol. The van der Waals surface area contributed by atoms with Crippen molar-refractivity contribution in [1.82, 2.24) is 4.90 Å². The zero-order valence-corrected chi connectivity index (χ0v) is 8.81. The molecule has 0 spiro atoms. The van der Waals surface area contributed by atoms with Gasteiger partial charge in [-0.05, 0) is 18.8 Å². The SMILES string of the molecule is CCC(=O)N1CCC[C@@H](CC(F)(F)F)C1. The van der Waals surface area contributed by atoms with Gasteiger partial charge in [-0.25, -0.2) is 0 Å². The van der Waals surface area contributed by atoms with Crippen molar-refractivity contribution in [3.8, 4) is 0 Å². The van der Waals surface area contributed by atoms with E-state index in [0.29, 0.717) is 25.8 Å². The molecule has 0 aliphatic carbocycles. The minimum Gasteiger partial charge on any atom is -0.342 e. The Morgan fingerprint density at radius 3 is 2.67 bits per heavy atom. The van der Waals surface area contributed by atoms with Crippen LogP contribution < -0.4 is 0 Å². The van der Waals surface area contributed by atoms with E-state index in [0.717, 1.165) is 0 Å². The number of hydrogen-bond acceptors (Lipinski definition) is 1. The molecule has 15 heavy (non-hydrogen) atoms. The lowest BCUT2D eigenvalue weighted by molar-refractivity contribution is -0.152. The van der Waals surface area contributed by atoms with Crippen LogP contribution in [0, 0.1) is 5.92 Å². The van der Waals surface area contributed by atoms with Crippen LogP contribution in [0.3, 0.4) is 0 Å². The summed E-state index contributed by atoms with van der Waals surface area (Å²) in [6.45, 7) is 2.61. The van der Waals surface area contributed by atoms with Crippen LogP contribution in [-0.2, 0) is 4.79 Å². The molecule has 88 valence electrons. The number of piperidine rings is 1. The van der Waals surface area contributed by atoms with Gasteiger partial charge in [0.1, 0.15) is 0 Å². The van der Waals surface area contributed by atoms with Crippen LogP contribution in [-0.4, -0.2) is 30.1 Å². The molecule has 0 radical (unpaired) electrons. The van der Waals surface area contributed by atoms with E-state index in [1.807, 2.05) is 0 Å². The summed E-state index contributed by atoms with van der Waals surface area (Å²) >= 11 is 0. The maximum Gasteiger partial charge on any atom is 0.389 e. The first-order valence-electron chi connectivity index (χ1n) is 5.27. The van der Waals surface area contributed by atoms with Crippen molar-refractivity contribution in [2.24, 2.45) is 5.92 Å². The van der Waals surface area contributed by atoms with Crippen LogP contribution in [0.25, 0.3) is 0 Å². The molecule has 5 heteroatoms. The lowest BCUT2D eigenvalue weighted by Gasteiger charge is -2.33. The summed E-state index contributed by atoms with van der Waals surface area (Å²) in [6, 6.07) is 0. The predicted octanol–water partition coefficient (Wildman–Crippen LogP) is 2.59. The predicted molar refractivity (Wildman–Crippen MR) is 50.3 cm³/mol. The number of carbonyl (C=O) groups is 1. The minimum absolute atomic E-state index is 0.0399. The van der Waals surface area contributed by atoms with Gasteiger partial charge in [0.15, 0.2) is 0 Å². The highest BCUT2D eigenvalue weighted by Gasteiger charge is 2.34. The molecule has 0 aromatic rings. The third-order valence-corrected chi connectivity index (χ3v) is 2.69. The van der Waals surface area contributed by atoms with Gasteiger partial charge in [0.2, 0.25) is 5.91 Å². The molecule has 0 N–H and O–H groups in total. The first kappa shape index (κ1) is 12.3. The van der Waals surface area contributed by atoms with E-state index in [1.54, 1.807) is 11.8 Å². The zero-order chi connectivity index (χ0) is 11.5. The summed E-state index contributed by atoms with van der Waals surface area (Å²) < 4.78 is 36.4. The fourth-order valence-corrected chi connectivity index (χ4v) is 2.01. The second kappa shape index (κ2) is 4.86. The van der Waals surface area contributed by atoms with Crippen molar-refractivity contribution in [3.05, 3.63) is 0 Å². The van der Waals surface area contributed by atoms with Crippen molar-refractivity contribution < 1.29 is 18.0 Å². The molecule has 1 saturated heterocycles. The van der Waals surface area contributed by atoms with Gasteiger partial charge < -0.3 is 4.90 Å².